The number of nitrogens with one attached hydrogen (secondary N) is 1. The Bertz CT molecular complexity index is 368. The number of hydrogen-bond donors (Lipinski definition) is 1. The molecule has 0 aliphatic carbocycles. The van der Waals surface area contributed by atoms with Gasteiger partial charge in [0.2, 0.25) is 5.91 Å². The average molecular weight is 254 g/mol. The molecule has 6 heteroatoms. The maximum Gasteiger partial charge on any atom is 0.240 e. The number of amides is 1. The third-order valence-electron chi connectivity index (χ3n) is 3.23. The van der Waals surface area contributed by atoms with Crippen LogP contribution >= 0.6 is 11.5 Å². The van der Waals surface area contributed by atoms with Gasteiger partial charge in [0.15, 0.2) is 5.82 Å². The van der Waals surface area contributed by atoms with Crippen molar-refractivity contribution in [1.82, 2.24) is 19.6 Å². The van der Waals surface area contributed by atoms with Gasteiger partial charge >= 0.3 is 0 Å². The number of likely N-dealkylation sites (tertiary alicyclic amines) is 1. The summed E-state index contributed by atoms with van der Waals surface area (Å²) >= 11 is 1.33. The molecule has 17 heavy (non-hydrogen) atoms. The maximum atomic E-state index is 12.3. The number of aromatic nitrogens is 2. The number of carbonyl (C=O) groups excluding carboxylic acids is 1. The summed E-state index contributed by atoms with van der Waals surface area (Å²) in [6, 6.07) is -0.0638. The summed E-state index contributed by atoms with van der Waals surface area (Å²) in [7, 11) is 1.85. The smallest absolute Gasteiger partial charge is 0.240 e. The monoisotopic (exact) mass is 254 g/mol. The lowest BCUT2D eigenvalue weighted by atomic mass is 10.0. The first-order valence-corrected chi connectivity index (χ1v) is 6.75. The third-order valence-corrected chi connectivity index (χ3v) is 3.74. The fourth-order valence-corrected chi connectivity index (χ4v) is 2.60. The molecule has 2 heterocycles. The van der Waals surface area contributed by atoms with Crippen molar-refractivity contribution >= 4 is 17.4 Å². The van der Waals surface area contributed by atoms with E-state index in [1.807, 2.05) is 11.9 Å². The molecule has 1 aliphatic rings. The fourth-order valence-electron chi connectivity index (χ4n) is 2.16. The number of carbonyl (C=O) groups is 1. The molecule has 1 aromatic rings. The predicted molar refractivity (Wildman–Crippen MR) is 66.6 cm³/mol. The molecule has 5 nitrogen and oxygen atoms in total. The molecule has 1 fully saturated rings. The van der Waals surface area contributed by atoms with Crippen molar-refractivity contribution in [1.29, 1.82) is 0 Å². The molecule has 1 N–H and O–H groups in total. The molecule has 1 saturated heterocycles. The normalized spacial score (nSPS) is 26.0. The fraction of sp³-hybridized carbons (Fsp3) is 0.727. The van der Waals surface area contributed by atoms with E-state index in [1.165, 1.54) is 11.5 Å². The zero-order valence-electron chi connectivity index (χ0n) is 10.2. The minimum Gasteiger partial charge on any atom is -0.334 e. The lowest BCUT2D eigenvalue weighted by Crippen LogP contribution is -2.43. The van der Waals surface area contributed by atoms with E-state index in [1.54, 1.807) is 5.51 Å². The van der Waals surface area contributed by atoms with Gasteiger partial charge in [-0.1, -0.05) is 6.92 Å². The van der Waals surface area contributed by atoms with Crippen LogP contribution < -0.4 is 5.32 Å². The van der Waals surface area contributed by atoms with Crippen molar-refractivity contribution in [2.45, 2.75) is 32.4 Å². The Morgan fingerprint density at radius 3 is 3.12 bits per heavy atom. The van der Waals surface area contributed by atoms with Crippen molar-refractivity contribution in [3.05, 3.63) is 11.3 Å². The number of likely N-dealkylation sites (N-methyl/N-ethyl adjacent to an activating group) is 1. The maximum absolute atomic E-state index is 12.3. The summed E-state index contributed by atoms with van der Waals surface area (Å²) in [5.74, 6) is 1.49. The Balaban J connectivity index is 2.07. The third kappa shape index (κ3) is 3.01. The summed E-state index contributed by atoms with van der Waals surface area (Å²) < 4.78 is 4.16. The highest BCUT2D eigenvalue weighted by atomic mass is 32.1. The quantitative estimate of drug-likeness (QED) is 0.870. The number of nitrogens with zero attached hydrogens (tertiary/aromatic N) is 3. The van der Waals surface area contributed by atoms with E-state index in [-0.39, 0.29) is 11.9 Å². The molecule has 1 amide bonds. The molecule has 94 valence electrons. The van der Waals surface area contributed by atoms with Crippen LogP contribution in [0.1, 0.15) is 25.6 Å². The van der Waals surface area contributed by atoms with E-state index >= 15 is 0 Å². The van der Waals surface area contributed by atoms with Gasteiger partial charge in [-0.05, 0) is 37.3 Å². The Kier molecular flexibility index (Phi) is 4.06. The van der Waals surface area contributed by atoms with Crippen LogP contribution in [0.4, 0.5) is 0 Å². The molecule has 1 aliphatic heterocycles. The van der Waals surface area contributed by atoms with Crippen molar-refractivity contribution in [2.75, 3.05) is 13.6 Å². The molecule has 1 aromatic heterocycles. The molecule has 0 spiro atoms. The first kappa shape index (κ1) is 12.4. The van der Waals surface area contributed by atoms with Crippen molar-refractivity contribution in [3.63, 3.8) is 0 Å². The highest BCUT2D eigenvalue weighted by Gasteiger charge is 2.29. The van der Waals surface area contributed by atoms with Crippen molar-refractivity contribution in [2.24, 2.45) is 5.92 Å². The largest absolute Gasteiger partial charge is 0.334 e. The predicted octanol–water partition coefficient (Wildman–Crippen LogP) is 0.885. The van der Waals surface area contributed by atoms with E-state index < -0.39 is 0 Å². The van der Waals surface area contributed by atoms with Crippen LogP contribution in [0, 0.1) is 5.92 Å². The van der Waals surface area contributed by atoms with Crippen LogP contribution in [-0.2, 0) is 11.3 Å². The molecular formula is C11H18N4OS. The van der Waals surface area contributed by atoms with E-state index in [0.29, 0.717) is 12.5 Å². The van der Waals surface area contributed by atoms with Crippen LogP contribution in [0.2, 0.25) is 0 Å². The Labute approximate surface area is 105 Å². The second-order valence-electron chi connectivity index (χ2n) is 4.58. The first-order chi connectivity index (χ1) is 8.20. The summed E-state index contributed by atoms with van der Waals surface area (Å²) in [5.41, 5.74) is 1.70. The van der Waals surface area contributed by atoms with Crippen LogP contribution in [0.3, 0.4) is 0 Å². The standard InChI is InChI=1S/C11H18N4OS/c1-8-3-4-15(6-10-13-7-17-14-10)11(16)9(5-8)12-2/h7-9,12H,3-6H2,1-2H3. The lowest BCUT2D eigenvalue weighted by Gasteiger charge is -2.22. The van der Waals surface area contributed by atoms with Gasteiger partial charge in [-0.3, -0.25) is 4.79 Å². The SMILES string of the molecule is CNC1CC(C)CCN(Cc2ncsn2)C1=O. The summed E-state index contributed by atoms with van der Waals surface area (Å²) in [6.45, 7) is 3.53. The van der Waals surface area contributed by atoms with E-state index in [9.17, 15) is 4.79 Å². The lowest BCUT2D eigenvalue weighted by molar-refractivity contribution is -0.133. The topological polar surface area (TPSA) is 58.1 Å². The summed E-state index contributed by atoms with van der Waals surface area (Å²) in [5, 5.41) is 3.10. The molecule has 2 atom stereocenters. The van der Waals surface area contributed by atoms with Gasteiger partial charge in [-0.2, -0.15) is 4.37 Å². The molecule has 0 bridgehead atoms. The molecule has 0 aromatic carbocycles. The Hall–Kier alpha value is -1.01. The van der Waals surface area contributed by atoms with E-state index in [4.69, 9.17) is 0 Å². The van der Waals surface area contributed by atoms with Crippen LogP contribution in [0.15, 0.2) is 5.51 Å². The van der Waals surface area contributed by atoms with Gasteiger partial charge < -0.3 is 10.2 Å². The Morgan fingerprint density at radius 2 is 2.47 bits per heavy atom. The first-order valence-electron chi connectivity index (χ1n) is 5.92. The highest BCUT2D eigenvalue weighted by Crippen LogP contribution is 2.19. The molecule has 0 radical (unpaired) electrons. The van der Waals surface area contributed by atoms with Gasteiger partial charge in [0.05, 0.1) is 12.6 Å². The van der Waals surface area contributed by atoms with E-state index in [2.05, 4.69) is 21.6 Å². The zero-order valence-corrected chi connectivity index (χ0v) is 11.0. The van der Waals surface area contributed by atoms with Gasteiger partial charge in [0.1, 0.15) is 5.51 Å². The molecular weight excluding hydrogens is 236 g/mol. The highest BCUT2D eigenvalue weighted by molar-refractivity contribution is 7.03. The average Bonchev–Trinajstić information content (AvgIpc) is 2.78. The minimum absolute atomic E-state index is 0.0638. The second-order valence-corrected chi connectivity index (χ2v) is 5.18. The van der Waals surface area contributed by atoms with Gasteiger partial charge in [-0.25, -0.2) is 4.98 Å². The van der Waals surface area contributed by atoms with Gasteiger partial charge in [0.25, 0.3) is 0 Å². The van der Waals surface area contributed by atoms with Gasteiger partial charge in [0, 0.05) is 6.54 Å². The Morgan fingerprint density at radius 1 is 1.65 bits per heavy atom. The van der Waals surface area contributed by atoms with Gasteiger partial charge in [-0.15, -0.1) is 0 Å². The number of rotatable bonds is 3. The zero-order chi connectivity index (χ0) is 12.3. The van der Waals surface area contributed by atoms with Crippen LogP contribution in [-0.4, -0.2) is 39.8 Å². The summed E-state index contributed by atoms with van der Waals surface area (Å²) in [4.78, 5) is 18.3. The summed E-state index contributed by atoms with van der Waals surface area (Å²) in [6.07, 6.45) is 1.96. The van der Waals surface area contributed by atoms with Crippen molar-refractivity contribution in [3.8, 4) is 0 Å². The second kappa shape index (κ2) is 5.55. The molecule has 2 unspecified atom stereocenters. The van der Waals surface area contributed by atoms with Crippen LogP contribution in [0.5, 0.6) is 0 Å². The van der Waals surface area contributed by atoms with Crippen LogP contribution in [0.25, 0.3) is 0 Å². The molecule has 0 saturated carbocycles. The number of hydrogen-bond acceptors (Lipinski definition) is 5. The molecule has 2 rings (SSSR count). The minimum atomic E-state index is -0.0638. The van der Waals surface area contributed by atoms with Crippen molar-refractivity contribution < 1.29 is 4.79 Å². The van der Waals surface area contributed by atoms with E-state index in [0.717, 1.165) is 25.2 Å².